The van der Waals surface area contributed by atoms with Gasteiger partial charge in [0, 0.05) is 31.1 Å². The fraction of sp³-hybridized carbons (Fsp3) is 0.375. The minimum atomic E-state index is -0.668. The molecule has 0 saturated carbocycles. The lowest BCUT2D eigenvalue weighted by atomic mass is 9.85. The van der Waals surface area contributed by atoms with E-state index in [2.05, 4.69) is 28.8 Å². The maximum Gasteiger partial charge on any atom is 0.245 e. The first-order chi connectivity index (χ1) is 18.9. The molecule has 0 aromatic heterocycles. The molecule has 2 aliphatic heterocycles. The number of carbonyl (C=O) groups is 2. The predicted octanol–water partition coefficient (Wildman–Crippen LogP) is 4.54. The highest BCUT2D eigenvalue weighted by Gasteiger charge is 2.33. The number of hydrogen-bond donors (Lipinski definition) is 3. The number of rotatable bonds is 7. The van der Waals surface area contributed by atoms with E-state index in [1.807, 2.05) is 59.5 Å². The van der Waals surface area contributed by atoms with Crippen molar-refractivity contribution in [3.8, 4) is 0 Å². The Hall–Kier alpha value is -3.19. The van der Waals surface area contributed by atoms with Crippen molar-refractivity contribution in [3.63, 3.8) is 0 Å². The maximum absolute atomic E-state index is 13.8. The Labute approximate surface area is 235 Å². The van der Waals surface area contributed by atoms with Crippen molar-refractivity contribution >= 4 is 23.4 Å². The van der Waals surface area contributed by atoms with Crippen molar-refractivity contribution in [2.75, 3.05) is 13.1 Å². The Morgan fingerprint density at radius 1 is 1.00 bits per heavy atom. The molecule has 0 radical (unpaired) electrons. The van der Waals surface area contributed by atoms with Crippen LogP contribution in [-0.4, -0.2) is 47.0 Å². The summed E-state index contributed by atoms with van der Waals surface area (Å²) in [6, 6.07) is 22.5. The van der Waals surface area contributed by atoms with Crippen molar-refractivity contribution < 1.29 is 14.7 Å². The first kappa shape index (κ1) is 27.4. The van der Waals surface area contributed by atoms with Gasteiger partial charge in [0.15, 0.2) is 0 Å². The Morgan fingerprint density at radius 3 is 2.38 bits per heavy atom. The van der Waals surface area contributed by atoms with Gasteiger partial charge in [-0.05, 0) is 72.1 Å². The smallest absolute Gasteiger partial charge is 0.245 e. The van der Waals surface area contributed by atoms with Crippen LogP contribution in [0.4, 0.5) is 0 Å². The van der Waals surface area contributed by atoms with Gasteiger partial charge in [-0.2, -0.15) is 0 Å². The van der Waals surface area contributed by atoms with Gasteiger partial charge in [0.1, 0.15) is 6.04 Å². The zero-order valence-electron chi connectivity index (χ0n) is 22.3. The first-order valence-electron chi connectivity index (χ1n) is 13.8. The quantitative estimate of drug-likeness (QED) is 0.407. The molecule has 2 heterocycles. The third-order valence-corrected chi connectivity index (χ3v) is 8.31. The molecule has 204 valence electrons. The van der Waals surface area contributed by atoms with E-state index in [0.717, 1.165) is 35.1 Å². The van der Waals surface area contributed by atoms with Gasteiger partial charge in [-0.25, -0.2) is 0 Å². The summed E-state index contributed by atoms with van der Waals surface area (Å²) in [5.74, 6) is 0.0741. The predicted molar refractivity (Wildman–Crippen MR) is 153 cm³/mol. The fourth-order valence-electron chi connectivity index (χ4n) is 5.86. The van der Waals surface area contributed by atoms with Crippen LogP contribution < -0.4 is 10.6 Å². The van der Waals surface area contributed by atoms with Gasteiger partial charge < -0.3 is 20.6 Å². The number of fused-ring (bicyclic) bond motifs is 1. The molecule has 0 aliphatic carbocycles. The minimum absolute atomic E-state index is 0.0585. The lowest BCUT2D eigenvalue weighted by Crippen LogP contribution is -2.56. The van der Waals surface area contributed by atoms with Crippen LogP contribution in [0.5, 0.6) is 0 Å². The zero-order valence-corrected chi connectivity index (χ0v) is 23.0. The highest BCUT2D eigenvalue weighted by atomic mass is 35.5. The van der Waals surface area contributed by atoms with E-state index in [-0.39, 0.29) is 23.8 Å². The van der Waals surface area contributed by atoms with E-state index >= 15 is 0 Å². The molecule has 2 aliphatic rings. The van der Waals surface area contributed by atoms with Gasteiger partial charge >= 0.3 is 0 Å². The molecule has 3 aromatic rings. The Morgan fingerprint density at radius 2 is 1.67 bits per heavy atom. The molecule has 7 heteroatoms. The number of nitrogens with one attached hydrogen (secondary N) is 2. The lowest BCUT2D eigenvalue weighted by molar-refractivity contribution is -0.137. The highest BCUT2D eigenvalue weighted by molar-refractivity contribution is 6.30. The molecular formula is C32H36ClN3O3. The molecule has 2 amide bonds. The number of benzene rings is 3. The largest absolute Gasteiger partial charge is 0.389 e. The van der Waals surface area contributed by atoms with Crippen molar-refractivity contribution in [1.82, 2.24) is 15.5 Å². The topological polar surface area (TPSA) is 81.7 Å². The molecule has 0 bridgehead atoms. The first-order valence-corrected chi connectivity index (χ1v) is 14.2. The van der Waals surface area contributed by atoms with Crippen LogP contribution >= 0.6 is 11.6 Å². The van der Waals surface area contributed by atoms with Gasteiger partial charge in [-0.15, -0.1) is 0 Å². The second-order valence-electron chi connectivity index (χ2n) is 10.7. The van der Waals surface area contributed by atoms with Crippen LogP contribution in [0.1, 0.15) is 59.6 Å². The van der Waals surface area contributed by atoms with E-state index in [4.69, 9.17) is 11.6 Å². The number of piperidine rings is 1. The summed E-state index contributed by atoms with van der Waals surface area (Å²) in [6.07, 6.45) is 2.10. The molecule has 5 rings (SSSR count). The average Bonchev–Trinajstić information content (AvgIpc) is 2.97. The third-order valence-electron chi connectivity index (χ3n) is 8.06. The van der Waals surface area contributed by atoms with Crippen LogP contribution in [0, 0.1) is 0 Å². The van der Waals surface area contributed by atoms with Crippen molar-refractivity contribution in [2.24, 2.45) is 0 Å². The molecule has 39 heavy (non-hydrogen) atoms. The molecule has 1 fully saturated rings. The number of amides is 2. The normalized spacial score (nSPS) is 19.2. The molecule has 3 N–H and O–H groups in total. The molecule has 3 aromatic carbocycles. The van der Waals surface area contributed by atoms with Crippen molar-refractivity contribution in [3.05, 3.63) is 106 Å². The van der Waals surface area contributed by atoms with E-state index in [0.29, 0.717) is 37.5 Å². The summed E-state index contributed by atoms with van der Waals surface area (Å²) in [5, 5.41) is 17.3. The molecular weight excluding hydrogens is 510 g/mol. The second kappa shape index (κ2) is 12.3. The summed E-state index contributed by atoms with van der Waals surface area (Å²) >= 11 is 6.09. The molecule has 3 atom stereocenters. The third kappa shape index (κ3) is 6.52. The number of likely N-dealkylation sites (tertiary alicyclic amines) is 1. The number of aliphatic hydroxyl groups is 1. The second-order valence-corrected chi connectivity index (χ2v) is 11.1. The number of aliphatic hydroxyl groups excluding tert-OH is 1. The van der Waals surface area contributed by atoms with E-state index in [1.54, 1.807) is 6.92 Å². The SMILES string of the molecule is CC(O)c1ccccc1C1CCN(C(=O)[C@@H](Cc2ccc(Cl)cc2)NC(=O)[C@@H]2Cc3ccccc3CN2)CC1. The number of nitrogens with zero attached hydrogens (tertiary/aromatic N) is 1. The molecule has 6 nitrogen and oxygen atoms in total. The fourth-order valence-corrected chi connectivity index (χ4v) is 5.99. The Bertz CT molecular complexity index is 1300. The van der Waals surface area contributed by atoms with Crippen LogP contribution in [0.3, 0.4) is 0 Å². The van der Waals surface area contributed by atoms with Crippen LogP contribution in [0.25, 0.3) is 0 Å². The van der Waals surface area contributed by atoms with Crippen LogP contribution in [0.15, 0.2) is 72.8 Å². The average molecular weight is 546 g/mol. The Kier molecular flexibility index (Phi) is 8.66. The van der Waals surface area contributed by atoms with E-state index in [9.17, 15) is 14.7 Å². The summed E-state index contributed by atoms with van der Waals surface area (Å²) in [7, 11) is 0. The van der Waals surface area contributed by atoms with Gasteiger partial charge in [-0.1, -0.05) is 72.3 Å². The summed E-state index contributed by atoms with van der Waals surface area (Å²) < 4.78 is 0. The standard InChI is InChI=1S/C32H36ClN3O3/c1-21(37)27-8-4-5-9-28(27)23-14-16-36(17-15-23)32(39)30(18-22-10-12-26(33)13-11-22)35-31(38)29-19-24-6-2-3-7-25(24)20-34-29/h2-13,21,23,29-30,34,37H,14-20H2,1H3,(H,35,38)/t21?,29-,30+/m0/s1. The molecule has 1 unspecified atom stereocenters. The maximum atomic E-state index is 13.8. The number of halogens is 1. The van der Waals surface area contributed by atoms with Crippen molar-refractivity contribution in [1.29, 1.82) is 0 Å². The zero-order chi connectivity index (χ0) is 27.4. The van der Waals surface area contributed by atoms with Crippen LogP contribution in [-0.2, 0) is 29.0 Å². The monoisotopic (exact) mass is 545 g/mol. The summed E-state index contributed by atoms with van der Waals surface area (Å²) in [4.78, 5) is 29.1. The van der Waals surface area contributed by atoms with Gasteiger partial charge in [0.2, 0.25) is 11.8 Å². The lowest BCUT2D eigenvalue weighted by Gasteiger charge is -2.36. The van der Waals surface area contributed by atoms with E-state index < -0.39 is 12.1 Å². The number of carbonyl (C=O) groups excluding carboxylic acids is 2. The summed E-state index contributed by atoms with van der Waals surface area (Å²) in [5.41, 5.74) is 5.43. The highest BCUT2D eigenvalue weighted by Crippen LogP contribution is 2.33. The number of hydrogen-bond acceptors (Lipinski definition) is 4. The molecule has 0 spiro atoms. The minimum Gasteiger partial charge on any atom is -0.389 e. The van der Waals surface area contributed by atoms with Gasteiger partial charge in [0.25, 0.3) is 0 Å². The van der Waals surface area contributed by atoms with Gasteiger partial charge in [0.05, 0.1) is 12.1 Å². The van der Waals surface area contributed by atoms with Gasteiger partial charge in [-0.3, -0.25) is 9.59 Å². The molecule has 1 saturated heterocycles. The van der Waals surface area contributed by atoms with E-state index in [1.165, 1.54) is 5.56 Å². The van der Waals surface area contributed by atoms with Crippen molar-refractivity contribution in [2.45, 2.75) is 63.3 Å². The van der Waals surface area contributed by atoms with Crippen LogP contribution in [0.2, 0.25) is 5.02 Å². The Balaban J connectivity index is 1.28. The summed E-state index contributed by atoms with van der Waals surface area (Å²) in [6.45, 7) is 3.65.